The normalized spacial score (nSPS) is 33.3. The molecular formula is C17H35N3O. The minimum Gasteiger partial charge on any atom is -0.389 e. The first kappa shape index (κ1) is 17.2. The van der Waals surface area contributed by atoms with Crippen LogP contribution >= 0.6 is 0 Å². The van der Waals surface area contributed by atoms with Crippen LogP contribution in [0.25, 0.3) is 0 Å². The molecule has 3 N–H and O–H groups in total. The van der Waals surface area contributed by atoms with Gasteiger partial charge in [-0.3, -0.25) is 4.90 Å². The second-order valence-electron chi connectivity index (χ2n) is 8.25. The molecule has 1 heterocycles. The molecule has 0 aromatic rings. The number of rotatable bonds is 5. The second kappa shape index (κ2) is 6.95. The van der Waals surface area contributed by atoms with Gasteiger partial charge in [0, 0.05) is 39.3 Å². The Hall–Kier alpha value is -0.160. The number of aliphatic hydroxyl groups is 1. The highest BCUT2D eigenvalue weighted by atomic mass is 16.3. The van der Waals surface area contributed by atoms with Crippen LogP contribution in [0.4, 0.5) is 0 Å². The summed E-state index contributed by atoms with van der Waals surface area (Å²) < 4.78 is 0. The highest BCUT2D eigenvalue weighted by molar-refractivity contribution is 4.90. The van der Waals surface area contributed by atoms with Crippen LogP contribution in [-0.2, 0) is 0 Å². The lowest BCUT2D eigenvalue weighted by Crippen LogP contribution is -2.54. The molecule has 0 atom stereocenters. The molecule has 0 unspecified atom stereocenters. The minimum absolute atomic E-state index is 0.366. The van der Waals surface area contributed by atoms with E-state index in [4.69, 9.17) is 5.73 Å². The Labute approximate surface area is 130 Å². The van der Waals surface area contributed by atoms with Gasteiger partial charge in [0.25, 0.3) is 0 Å². The molecular weight excluding hydrogens is 262 g/mol. The molecule has 0 bridgehead atoms. The van der Waals surface area contributed by atoms with Crippen LogP contribution in [0, 0.1) is 11.3 Å². The zero-order valence-corrected chi connectivity index (χ0v) is 14.3. The van der Waals surface area contributed by atoms with Crippen LogP contribution in [0.1, 0.15) is 46.5 Å². The highest BCUT2D eigenvalue weighted by Crippen LogP contribution is 2.38. The van der Waals surface area contributed by atoms with Crippen LogP contribution in [0.15, 0.2) is 0 Å². The Balaban J connectivity index is 1.79. The predicted molar refractivity (Wildman–Crippen MR) is 88.3 cm³/mol. The van der Waals surface area contributed by atoms with Crippen LogP contribution in [0.5, 0.6) is 0 Å². The first-order chi connectivity index (χ1) is 9.82. The largest absolute Gasteiger partial charge is 0.389 e. The van der Waals surface area contributed by atoms with Crippen molar-refractivity contribution in [1.82, 2.24) is 9.80 Å². The third kappa shape index (κ3) is 5.20. The van der Waals surface area contributed by atoms with Gasteiger partial charge in [-0.1, -0.05) is 19.8 Å². The average molecular weight is 297 g/mol. The molecule has 0 amide bonds. The van der Waals surface area contributed by atoms with Crippen LogP contribution < -0.4 is 5.73 Å². The summed E-state index contributed by atoms with van der Waals surface area (Å²) in [4.78, 5) is 4.98. The zero-order chi connectivity index (χ0) is 15.5. The van der Waals surface area contributed by atoms with Gasteiger partial charge < -0.3 is 15.7 Å². The van der Waals surface area contributed by atoms with Gasteiger partial charge >= 0.3 is 0 Å². The Kier molecular flexibility index (Phi) is 5.69. The molecule has 2 fully saturated rings. The van der Waals surface area contributed by atoms with Crippen molar-refractivity contribution in [3.63, 3.8) is 0 Å². The van der Waals surface area contributed by atoms with Crippen LogP contribution in [-0.4, -0.2) is 66.3 Å². The minimum atomic E-state index is -0.583. The fourth-order valence-corrected chi connectivity index (χ4v) is 3.93. The maximum atomic E-state index is 9.93. The smallest absolute Gasteiger partial charge is 0.0718 e. The molecule has 0 aromatic carbocycles. The lowest BCUT2D eigenvalue weighted by molar-refractivity contribution is 0.00642. The van der Waals surface area contributed by atoms with Crippen molar-refractivity contribution in [3.05, 3.63) is 0 Å². The number of nitrogens with zero attached hydrogens (tertiary/aromatic N) is 2. The molecule has 2 rings (SSSR count). The summed E-state index contributed by atoms with van der Waals surface area (Å²) in [7, 11) is 0. The van der Waals surface area contributed by atoms with Gasteiger partial charge in [-0.15, -0.1) is 0 Å². The summed E-state index contributed by atoms with van der Waals surface area (Å²) in [5, 5.41) is 9.93. The molecule has 0 radical (unpaired) electrons. The number of β-amino-alcohol motifs (C(OH)–C–C–N with tert-alkyl or cyclic N) is 1. The maximum absolute atomic E-state index is 9.93. The molecule has 0 spiro atoms. The van der Waals surface area contributed by atoms with Gasteiger partial charge in [-0.25, -0.2) is 0 Å². The third-order valence-corrected chi connectivity index (χ3v) is 5.40. The Morgan fingerprint density at radius 2 is 1.62 bits per heavy atom. The van der Waals surface area contributed by atoms with Crippen molar-refractivity contribution in [2.24, 2.45) is 17.1 Å². The number of hydrogen-bond acceptors (Lipinski definition) is 4. The molecule has 1 aliphatic carbocycles. The van der Waals surface area contributed by atoms with Gasteiger partial charge in [0.15, 0.2) is 0 Å². The first-order valence-corrected chi connectivity index (χ1v) is 8.69. The molecule has 4 nitrogen and oxygen atoms in total. The Morgan fingerprint density at radius 3 is 2.10 bits per heavy atom. The molecule has 1 saturated heterocycles. The quantitative estimate of drug-likeness (QED) is 0.808. The van der Waals surface area contributed by atoms with Gasteiger partial charge in [0.2, 0.25) is 0 Å². The number of nitrogens with two attached hydrogens (primary N) is 1. The summed E-state index contributed by atoms with van der Waals surface area (Å²) in [5.74, 6) is 0.883. The van der Waals surface area contributed by atoms with E-state index in [0.29, 0.717) is 5.41 Å². The third-order valence-electron chi connectivity index (χ3n) is 5.40. The summed E-state index contributed by atoms with van der Waals surface area (Å²) >= 11 is 0. The maximum Gasteiger partial charge on any atom is 0.0718 e. The fourth-order valence-electron chi connectivity index (χ4n) is 3.93. The molecule has 21 heavy (non-hydrogen) atoms. The fraction of sp³-hybridized carbons (Fsp3) is 1.00. The van der Waals surface area contributed by atoms with E-state index in [1.807, 2.05) is 13.8 Å². The summed E-state index contributed by atoms with van der Waals surface area (Å²) in [5.41, 5.74) is 5.92. The SMILES string of the molecule is CC1CCC(CN)(CN2CCN(CC(C)(C)O)CC2)CC1. The predicted octanol–water partition coefficient (Wildman–Crippen LogP) is 1.53. The van der Waals surface area contributed by atoms with Gasteiger partial charge in [-0.2, -0.15) is 0 Å². The summed E-state index contributed by atoms with van der Waals surface area (Å²) in [6.45, 7) is 13.3. The topological polar surface area (TPSA) is 52.7 Å². The van der Waals surface area contributed by atoms with Crippen molar-refractivity contribution in [2.75, 3.05) is 45.8 Å². The molecule has 0 aromatic heterocycles. The van der Waals surface area contributed by atoms with Gasteiger partial charge in [0.1, 0.15) is 0 Å². The monoisotopic (exact) mass is 297 g/mol. The molecule has 2 aliphatic rings. The molecule has 1 saturated carbocycles. The van der Waals surface area contributed by atoms with Crippen molar-refractivity contribution >= 4 is 0 Å². The van der Waals surface area contributed by atoms with Gasteiger partial charge in [0.05, 0.1) is 5.60 Å². The van der Waals surface area contributed by atoms with E-state index in [9.17, 15) is 5.11 Å². The standard InChI is InChI=1S/C17H35N3O/c1-15-4-6-17(12-18,7-5-15)14-20-10-8-19(9-11-20)13-16(2,3)21/h15,21H,4-14,18H2,1-3H3. The van der Waals surface area contributed by atoms with Gasteiger partial charge in [-0.05, 0) is 44.6 Å². The highest BCUT2D eigenvalue weighted by Gasteiger charge is 2.35. The van der Waals surface area contributed by atoms with Crippen LogP contribution in [0.2, 0.25) is 0 Å². The average Bonchev–Trinajstić information content (AvgIpc) is 2.42. The first-order valence-electron chi connectivity index (χ1n) is 8.69. The Morgan fingerprint density at radius 1 is 1.10 bits per heavy atom. The Bertz CT molecular complexity index is 310. The van der Waals surface area contributed by atoms with Crippen molar-refractivity contribution in [1.29, 1.82) is 0 Å². The van der Waals surface area contributed by atoms with E-state index >= 15 is 0 Å². The van der Waals surface area contributed by atoms with Crippen molar-refractivity contribution in [2.45, 2.75) is 52.1 Å². The molecule has 124 valence electrons. The lowest BCUT2D eigenvalue weighted by atomic mass is 9.70. The second-order valence-corrected chi connectivity index (χ2v) is 8.25. The summed E-state index contributed by atoms with van der Waals surface area (Å²) in [6, 6.07) is 0. The van der Waals surface area contributed by atoms with E-state index in [2.05, 4.69) is 16.7 Å². The van der Waals surface area contributed by atoms with E-state index < -0.39 is 5.60 Å². The molecule has 4 heteroatoms. The van der Waals surface area contributed by atoms with E-state index in [-0.39, 0.29) is 0 Å². The lowest BCUT2D eigenvalue weighted by Gasteiger charge is -2.45. The van der Waals surface area contributed by atoms with Crippen LogP contribution in [0.3, 0.4) is 0 Å². The van der Waals surface area contributed by atoms with E-state index in [0.717, 1.165) is 45.2 Å². The number of hydrogen-bond donors (Lipinski definition) is 2. The van der Waals surface area contributed by atoms with E-state index in [1.165, 1.54) is 32.2 Å². The van der Waals surface area contributed by atoms with Crippen molar-refractivity contribution in [3.8, 4) is 0 Å². The summed E-state index contributed by atoms with van der Waals surface area (Å²) in [6.07, 6.45) is 5.29. The van der Waals surface area contributed by atoms with E-state index in [1.54, 1.807) is 0 Å². The number of piperazine rings is 1. The van der Waals surface area contributed by atoms with Crippen molar-refractivity contribution < 1.29 is 5.11 Å². The zero-order valence-electron chi connectivity index (χ0n) is 14.3. The molecule has 1 aliphatic heterocycles.